The molecule has 0 spiro atoms. The largest absolute Gasteiger partial charge is 0.393 e. The fraction of sp³-hybridized carbons (Fsp3) is 0.923. The number of nitrogens with zero attached hydrogens (tertiary/aromatic N) is 1. The van der Waals surface area contributed by atoms with Crippen LogP contribution in [-0.4, -0.2) is 40.2 Å². The molecular formula is C13H24N2OS. The van der Waals surface area contributed by atoms with Crippen molar-refractivity contribution in [3.8, 4) is 0 Å². The zero-order valence-corrected chi connectivity index (χ0v) is 11.5. The Morgan fingerprint density at radius 3 is 3.00 bits per heavy atom. The van der Waals surface area contributed by atoms with Gasteiger partial charge in [-0.25, -0.2) is 0 Å². The van der Waals surface area contributed by atoms with E-state index in [4.69, 9.17) is 18.0 Å². The molecule has 2 aliphatic rings. The zero-order chi connectivity index (χ0) is 12.5. The maximum absolute atomic E-state index is 10.6. The highest BCUT2D eigenvalue weighted by Crippen LogP contribution is 2.39. The first-order valence-electron chi connectivity index (χ1n) is 6.75. The number of thiocarbonyl (C=S) groups is 1. The lowest BCUT2D eigenvalue weighted by Crippen LogP contribution is -2.54. The molecule has 1 aliphatic heterocycles. The Bertz CT molecular complexity index is 297. The summed E-state index contributed by atoms with van der Waals surface area (Å²) < 4.78 is 0. The van der Waals surface area contributed by atoms with Gasteiger partial charge in [-0.1, -0.05) is 32.0 Å². The van der Waals surface area contributed by atoms with Crippen LogP contribution in [0.2, 0.25) is 0 Å². The molecule has 1 aliphatic carbocycles. The number of fused-ring (bicyclic) bond motifs is 1. The summed E-state index contributed by atoms with van der Waals surface area (Å²) in [5.41, 5.74) is 5.29. The van der Waals surface area contributed by atoms with E-state index in [1.54, 1.807) is 0 Å². The van der Waals surface area contributed by atoms with Gasteiger partial charge < -0.3 is 15.7 Å². The fourth-order valence-electron chi connectivity index (χ4n) is 3.28. The van der Waals surface area contributed by atoms with Crippen LogP contribution in [0.1, 0.15) is 39.0 Å². The zero-order valence-electron chi connectivity index (χ0n) is 10.7. The van der Waals surface area contributed by atoms with Crippen molar-refractivity contribution in [3.05, 3.63) is 0 Å². The van der Waals surface area contributed by atoms with Gasteiger partial charge >= 0.3 is 0 Å². The average molecular weight is 256 g/mol. The molecule has 0 amide bonds. The van der Waals surface area contributed by atoms with Gasteiger partial charge in [0.25, 0.3) is 0 Å². The van der Waals surface area contributed by atoms with Crippen molar-refractivity contribution in [1.29, 1.82) is 0 Å². The summed E-state index contributed by atoms with van der Waals surface area (Å²) >= 11 is 5.03. The Balaban J connectivity index is 1.91. The van der Waals surface area contributed by atoms with Gasteiger partial charge in [0.2, 0.25) is 0 Å². The number of hydrogen-bond acceptors (Lipinski definition) is 3. The molecule has 0 aromatic heterocycles. The second-order valence-corrected chi connectivity index (χ2v) is 6.33. The summed E-state index contributed by atoms with van der Waals surface area (Å²) in [5.74, 6) is 0.739. The molecule has 3 nitrogen and oxygen atoms in total. The van der Waals surface area contributed by atoms with Crippen LogP contribution < -0.4 is 5.73 Å². The summed E-state index contributed by atoms with van der Waals surface area (Å²) in [5, 5.41) is 10.6. The maximum atomic E-state index is 10.6. The lowest BCUT2D eigenvalue weighted by molar-refractivity contribution is -0.0959. The van der Waals surface area contributed by atoms with E-state index >= 15 is 0 Å². The highest BCUT2D eigenvalue weighted by molar-refractivity contribution is 7.80. The van der Waals surface area contributed by atoms with Crippen LogP contribution in [0.4, 0.5) is 0 Å². The molecule has 4 heteroatoms. The Labute approximate surface area is 109 Å². The Hall–Kier alpha value is -0.190. The molecule has 0 aromatic carbocycles. The molecule has 2 fully saturated rings. The van der Waals surface area contributed by atoms with E-state index in [9.17, 15) is 5.11 Å². The molecule has 0 aromatic rings. The smallest absolute Gasteiger partial charge is 0.0768 e. The van der Waals surface area contributed by atoms with Gasteiger partial charge in [-0.2, -0.15) is 0 Å². The lowest BCUT2D eigenvalue weighted by atomic mass is 9.71. The highest BCUT2D eigenvalue weighted by Gasteiger charge is 2.42. The second-order valence-electron chi connectivity index (χ2n) is 5.86. The first kappa shape index (κ1) is 13.2. The van der Waals surface area contributed by atoms with Crippen LogP contribution in [0.3, 0.4) is 0 Å². The van der Waals surface area contributed by atoms with E-state index in [2.05, 4.69) is 11.8 Å². The normalized spacial score (nSPS) is 36.2. The van der Waals surface area contributed by atoms with Gasteiger partial charge in [-0.3, -0.25) is 0 Å². The predicted octanol–water partition coefficient (Wildman–Crippen LogP) is 1.54. The van der Waals surface area contributed by atoms with Gasteiger partial charge in [0, 0.05) is 31.5 Å². The van der Waals surface area contributed by atoms with Crippen LogP contribution in [0.15, 0.2) is 0 Å². The standard InChI is InChI=1S/C13H24N2OS/c1-10(12(14)17)8-15-7-6-13(16)5-3-2-4-11(13)9-15/h10-11,16H,2-9H2,1H3,(H2,14,17). The molecular weight excluding hydrogens is 232 g/mol. The summed E-state index contributed by atoms with van der Waals surface area (Å²) in [6.07, 6.45) is 5.55. The molecule has 3 atom stereocenters. The van der Waals surface area contributed by atoms with Gasteiger partial charge in [0.15, 0.2) is 0 Å². The van der Waals surface area contributed by atoms with Crippen LogP contribution >= 0.6 is 12.2 Å². The van der Waals surface area contributed by atoms with Gasteiger partial charge in [0.1, 0.15) is 0 Å². The molecule has 98 valence electrons. The van der Waals surface area contributed by atoms with Crippen molar-refractivity contribution in [2.75, 3.05) is 19.6 Å². The van der Waals surface area contributed by atoms with Crippen molar-refractivity contribution < 1.29 is 5.11 Å². The Morgan fingerprint density at radius 2 is 2.29 bits per heavy atom. The van der Waals surface area contributed by atoms with Crippen LogP contribution in [0, 0.1) is 11.8 Å². The number of hydrogen-bond donors (Lipinski definition) is 2. The predicted molar refractivity (Wildman–Crippen MR) is 73.9 cm³/mol. The molecule has 1 saturated heterocycles. The second kappa shape index (κ2) is 5.21. The quantitative estimate of drug-likeness (QED) is 0.752. The number of rotatable bonds is 3. The minimum absolute atomic E-state index is 0.278. The monoisotopic (exact) mass is 256 g/mol. The highest BCUT2D eigenvalue weighted by atomic mass is 32.1. The van der Waals surface area contributed by atoms with Crippen molar-refractivity contribution >= 4 is 17.2 Å². The fourth-order valence-corrected chi connectivity index (χ4v) is 3.36. The van der Waals surface area contributed by atoms with Crippen molar-refractivity contribution in [2.24, 2.45) is 17.6 Å². The minimum Gasteiger partial charge on any atom is -0.393 e. The lowest BCUT2D eigenvalue weighted by Gasteiger charge is -2.47. The van der Waals surface area contributed by atoms with E-state index in [0.717, 1.165) is 32.5 Å². The van der Waals surface area contributed by atoms with Crippen molar-refractivity contribution in [1.82, 2.24) is 4.90 Å². The number of piperidine rings is 1. The molecule has 17 heavy (non-hydrogen) atoms. The van der Waals surface area contributed by atoms with Crippen LogP contribution in [-0.2, 0) is 0 Å². The third kappa shape index (κ3) is 2.98. The van der Waals surface area contributed by atoms with E-state index < -0.39 is 0 Å². The number of nitrogens with two attached hydrogens (primary N) is 1. The maximum Gasteiger partial charge on any atom is 0.0768 e. The topological polar surface area (TPSA) is 49.5 Å². The Morgan fingerprint density at radius 1 is 1.53 bits per heavy atom. The molecule has 3 N–H and O–H groups in total. The molecule has 3 unspecified atom stereocenters. The summed E-state index contributed by atoms with van der Waals surface area (Å²) in [6, 6.07) is 0. The first-order valence-corrected chi connectivity index (χ1v) is 7.16. The van der Waals surface area contributed by atoms with Gasteiger partial charge in [0.05, 0.1) is 10.6 Å². The summed E-state index contributed by atoms with van der Waals surface area (Å²) in [4.78, 5) is 3.03. The Kier molecular flexibility index (Phi) is 4.06. The van der Waals surface area contributed by atoms with E-state index in [1.165, 1.54) is 19.3 Å². The molecule has 1 saturated carbocycles. The van der Waals surface area contributed by atoms with E-state index in [0.29, 0.717) is 10.9 Å². The van der Waals surface area contributed by atoms with Crippen LogP contribution in [0.5, 0.6) is 0 Å². The van der Waals surface area contributed by atoms with Crippen molar-refractivity contribution in [2.45, 2.75) is 44.6 Å². The first-order chi connectivity index (χ1) is 8.01. The summed E-state index contributed by atoms with van der Waals surface area (Å²) in [7, 11) is 0. The average Bonchev–Trinajstić information content (AvgIpc) is 2.29. The minimum atomic E-state index is -0.374. The molecule has 1 heterocycles. The third-order valence-corrected chi connectivity index (χ3v) is 4.93. The SMILES string of the molecule is CC(CN1CCC2(O)CCCCC2C1)C(N)=S. The molecule has 0 bridgehead atoms. The number of aliphatic hydroxyl groups is 1. The van der Waals surface area contributed by atoms with Crippen LogP contribution in [0.25, 0.3) is 0 Å². The molecule has 0 radical (unpaired) electrons. The van der Waals surface area contributed by atoms with Gasteiger partial charge in [-0.05, 0) is 19.3 Å². The van der Waals surface area contributed by atoms with E-state index in [-0.39, 0.29) is 11.5 Å². The third-order valence-electron chi connectivity index (χ3n) is 4.53. The number of likely N-dealkylation sites (tertiary alicyclic amines) is 1. The van der Waals surface area contributed by atoms with Crippen molar-refractivity contribution in [3.63, 3.8) is 0 Å². The van der Waals surface area contributed by atoms with Gasteiger partial charge in [-0.15, -0.1) is 0 Å². The molecule has 2 rings (SSSR count). The summed E-state index contributed by atoms with van der Waals surface area (Å²) in [6.45, 7) is 5.04. The van der Waals surface area contributed by atoms with E-state index in [1.807, 2.05) is 0 Å².